The zero-order chi connectivity index (χ0) is 21.5. The van der Waals surface area contributed by atoms with Crippen molar-refractivity contribution in [2.75, 3.05) is 26.2 Å². The molecule has 0 bridgehead atoms. The first kappa shape index (κ1) is 21.1. The van der Waals surface area contributed by atoms with Crippen molar-refractivity contribution in [1.29, 1.82) is 0 Å². The van der Waals surface area contributed by atoms with Crippen LogP contribution in [0, 0.1) is 0 Å². The van der Waals surface area contributed by atoms with Gasteiger partial charge in [0.05, 0.1) is 0 Å². The highest BCUT2D eigenvalue weighted by atomic mass is 16.5. The second-order valence-electron chi connectivity index (χ2n) is 7.96. The van der Waals surface area contributed by atoms with Crippen molar-refractivity contribution < 1.29 is 19.7 Å². The Hall–Kier alpha value is -3.18. The van der Waals surface area contributed by atoms with Gasteiger partial charge in [-0.3, -0.25) is 4.90 Å². The molecule has 3 aromatic rings. The summed E-state index contributed by atoms with van der Waals surface area (Å²) in [5.74, 6) is 2.45. The summed E-state index contributed by atoms with van der Waals surface area (Å²) in [5, 5.41) is 19.6. The molecule has 0 radical (unpaired) electrons. The molecule has 31 heavy (non-hydrogen) atoms. The Labute approximate surface area is 183 Å². The Balaban J connectivity index is 1.37. The van der Waals surface area contributed by atoms with Crippen LogP contribution in [0.25, 0.3) is 0 Å². The van der Waals surface area contributed by atoms with Crippen LogP contribution in [0.3, 0.4) is 0 Å². The topological polar surface area (TPSA) is 62.2 Å². The Bertz CT molecular complexity index is 981. The van der Waals surface area contributed by atoms with Gasteiger partial charge in [0.25, 0.3) is 0 Å². The molecule has 1 aliphatic heterocycles. The van der Waals surface area contributed by atoms with E-state index in [-0.39, 0.29) is 11.5 Å². The molecule has 1 saturated heterocycles. The molecule has 3 aromatic carbocycles. The van der Waals surface area contributed by atoms with Crippen LogP contribution in [0.15, 0.2) is 66.7 Å². The largest absolute Gasteiger partial charge is 0.508 e. The van der Waals surface area contributed by atoms with Gasteiger partial charge in [-0.25, -0.2) is 0 Å². The number of nitrogens with zero attached hydrogens (tertiary/aromatic N) is 1. The van der Waals surface area contributed by atoms with Gasteiger partial charge in [0.15, 0.2) is 0 Å². The fourth-order valence-corrected chi connectivity index (χ4v) is 3.88. The van der Waals surface area contributed by atoms with E-state index in [0.29, 0.717) is 24.5 Å². The molecule has 0 aromatic heterocycles. The summed E-state index contributed by atoms with van der Waals surface area (Å²) in [6.45, 7) is 3.98. The van der Waals surface area contributed by atoms with Crippen molar-refractivity contribution in [1.82, 2.24) is 4.90 Å². The number of phenolic OH excluding ortho intramolecular Hbond substituents is 2. The third kappa shape index (κ3) is 6.15. The molecule has 0 amide bonds. The Morgan fingerprint density at radius 2 is 1.52 bits per heavy atom. The zero-order valence-electron chi connectivity index (χ0n) is 17.7. The van der Waals surface area contributed by atoms with Gasteiger partial charge in [-0.15, -0.1) is 0 Å². The number of benzene rings is 3. The van der Waals surface area contributed by atoms with E-state index in [4.69, 9.17) is 9.47 Å². The van der Waals surface area contributed by atoms with Crippen molar-refractivity contribution in [3.63, 3.8) is 0 Å². The van der Waals surface area contributed by atoms with E-state index >= 15 is 0 Å². The zero-order valence-corrected chi connectivity index (χ0v) is 17.7. The second kappa shape index (κ2) is 10.2. The number of aromatic hydroxyl groups is 2. The second-order valence-corrected chi connectivity index (χ2v) is 7.96. The number of piperidine rings is 1. The highest BCUT2D eigenvalue weighted by Gasteiger charge is 2.11. The number of hydrogen-bond acceptors (Lipinski definition) is 5. The lowest BCUT2D eigenvalue weighted by molar-refractivity contribution is 0.183. The third-order valence-corrected chi connectivity index (χ3v) is 5.53. The van der Waals surface area contributed by atoms with Gasteiger partial charge in [0.2, 0.25) is 0 Å². The van der Waals surface area contributed by atoms with Gasteiger partial charge in [-0.2, -0.15) is 0 Å². The van der Waals surface area contributed by atoms with E-state index in [1.807, 2.05) is 42.5 Å². The van der Waals surface area contributed by atoms with Crippen molar-refractivity contribution in [3.05, 3.63) is 77.9 Å². The summed E-state index contributed by atoms with van der Waals surface area (Å²) in [6, 6.07) is 19.8. The van der Waals surface area contributed by atoms with E-state index in [2.05, 4.69) is 4.90 Å². The molecule has 1 fully saturated rings. The van der Waals surface area contributed by atoms with Gasteiger partial charge < -0.3 is 19.7 Å². The molecular weight excluding hydrogens is 390 g/mol. The van der Waals surface area contributed by atoms with E-state index < -0.39 is 0 Å². The molecule has 0 aliphatic carbocycles. The van der Waals surface area contributed by atoms with Crippen molar-refractivity contribution in [3.8, 4) is 28.7 Å². The highest BCUT2D eigenvalue weighted by molar-refractivity contribution is 5.46. The number of ether oxygens (including phenoxy) is 2. The third-order valence-electron chi connectivity index (χ3n) is 5.53. The fraction of sp³-hybridized carbons (Fsp3) is 0.308. The lowest BCUT2D eigenvalue weighted by Crippen LogP contribution is -2.33. The van der Waals surface area contributed by atoms with Gasteiger partial charge in [-0.1, -0.05) is 24.6 Å². The van der Waals surface area contributed by atoms with E-state index in [1.54, 1.807) is 24.3 Å². The van der Waals surface area contributed by atoms with Crippen molar-refractivity contribution >= 4 is 0 Å². The van der Waals surface area contributed by atoms with Gasteiger partial charge in [-0.05, 0) is 79.5 Å². The molecule has 5 heteroatoms. The molecule has 2 N–H and O–H groups in total. The van der Waals surface area contributed by atoms with Crippen LogP contribution in [0.2, 0.25) is 0 Å². The number of rotatable bonds is 8. The Morgan fingerprint density at radius 3 is 2.29 bits per heavy atom. The summed E-state index contributed by atoms with van der Waals surface area (Å²) in [7, 11) is 0. The SMILES string of the molecule is Oc1cccc(Cc2ccc(O)cc2Oc2ccc(OCCN3CCCCC3)cc2)c1. The quantitative estimate of drug-likeness (QED) is 0.516. The Morgan fingerprint density at radius 1 is 0.774 bits per heavy atom. The van der Waals surface area contributed by atoms with Gasteiger partial charge in [0.1, 0.15) is 35.4 Å². The maximum atomic E-state index is 9.93. The molecule has 4 rings (SSSR count). The highest BCUT2D eigenvalue weighted by Crippen LogP contribution is 2.32. The van der Waals surface area contributed by atoms with Crippen LogP contribution in [0.5, 0.6) is 28.7 Å². The number of phenols is 2. The van der Waals surface area contributed by atoms with Crippen LogP contribution in [-0.2, 0) is 6.42 Å². The van der Waals surface area contributed by atoms with Crippen LogP contribution in [-0.4, -0.2) is 41.4 Å². The van der Waals surface area contributed by atoms with Crippen LogP contribution in [0.1, 0.15) is 30.4 Å². The summed E-state index contributed by atoms with van der Waals surface area (Å²) in [4.78, 5) is 2.46. The standard InChI is InChI=1S/C26H29NO4/c28-22-6-4-5-20(18-22)17-21-7-8-23(29)19-26(21)31-25-11-9-24(10-12-25)30-16-15-27-13-2-1-3-14-27/h4-12,18-19,28-29H,1-3,13-17H2. The molecule has 1 aliphatic rings. The maximum absolute atomic E-state index is 9.93. The van der Waals surface area contributed by atoms with E-state index in [1.165, 1.54) is 32.4 Å². The summed E-state index contributed by atoms with van der Waals surface area (Å²) >= 11 is 0. The van der Waals surface area contributed by atoms with Gasteiger partial charge >= 0.3 is 0 Å². The molecular formula is C26H29NO4. The van der Waals surface area contributed by atoms with E-state index in [0.717, 1.165) is 23.4 Å². The lowest BCUT2D eigenvalue weighted by Gasteiger charge is -2.26. The molecule has 162 valence electrons. The molecule has 5 nitrogen and oxygen atoms in total. The predicted molar refractivity (Wildman–Crippen MR) is 121 cm³/mol. The monoisotopic (exact) mass is 419 g/mol. The molecule has 0 atom stereocenters. The minimum atomic E-state index is 0.146. The maximum Gasteiger partial charge on any atom is 0.134 e. The Kier molecular flexibility index (Phi) is 6.95. The lowest BCUT2D eigenvalue weighted by atomic mass is 10.0. The summed E-state index contributed by atoms with van der Waals surface area (Å²) < 4.78 is 11.9. The first-order chi connectivity index (χ1) is 15.2. The van der Waals surface area contributed by atoms with Crippen LogP contribution >= 0.6 is 0 Å². The summed E-state index contributed by atoms with van der Waals surface area (Å²) in [6.07, 6.45) is 4.50. The molecule has 0 saturated carbocycles. The number of hydrogen-bond donors (Lipinski definition) is 2. The molecule has 0 spiro atoms. The van der Waals surface area contributed by atoms with E-state index in [9.17, 15) is 10.2 Å². The smallest absolute Gasteiger partial charge is 0.134 e. The minimum absolute atomic E-state index is 0.146. The van der Waals surface area contributed by atoms with Crippen LogP contribution in [0.4, 0.5) is 0 Å². The first-order valence-electron chi connectivity index (χ1n) is 10.9. The first-order valence-corrected chi connectivity index (χ1v) is 10.9. The number of likely N-dealkylation sites (tertiary alicyclic amines) is 1. The van der Waals surface area contributed by atoms with Crippen LogP contribution < -0.4 is 9.47 Å². The minimum Gasteiger partial charge on any atom is -0.508 e. The normalized spacial score (nSPS) is 14.3. The summed E-state index contributed by atoms with van der Waals surface area (Å²) in [5.41, 5.74) is 1.89. The van der Waals surface area contributed by atoms with Crippen molar-refractivity contribution in [2.24, 2.45) is 0 Å². The van der Waals surface area contributed by atoms with Gasteiger partial charge in [0, 0.05) is 19.0 Å². The predicted octanol–water partition coefficient (Wildman–Crippen LogP) is 5.35. The fourth-order valence-electron chi connectivity index (χ4n) is 3.88. The average molecular weight is 420 g/mol. The average Bonchev–Trinajstić information content (AvgIpc) is 2.78. The molecule has 1 heterocycles. The van der Waals surface area contributed by atoms with Crippen molar-refractivity contribution in [2.45, 2.75) is 25.7 Å². The molecule has 0 unspecified atom stereocenters.